The molecule has 2 heterocycles. The summed E-state index contributed by atoms with van der Waals surface area (Å²) in [6.07, 6.45) is 2.24. The number of halogens is 1. The molecule has 1 aliphatic heterocycles. The van der Waals surface area contributed by atoms with Gasteiger partial charge in [0.15, 0.2) is 6.79 Å². The molecule has 1 aliphatic carbocycles. The molecule has 0 N–H and O–H groups in total. The lowest BCUT2D eigenvalue weighted by atomic mass is 10.1. The lowest BCUT2D eigenvalue weighted by Gasteiger charge is -2.20. The summed E-state index contributed by atoms with van der Waals surface area (Å²) in [6.45, 7) is 0.584. The molecule has 6 nitrogen and oxygen atoms in total. The first kappa shape index (κ1) is 13.0. The number of hydrogen-bond acceptors (Lipinski definition) is 6. The molecule has 0 bridgehead atoms. The molecule has 0 unspecified atom stereocenters. The third-order valence-corrected chi connectivity index (χ3v) is 4.45. The standard InChI is InChI=1S/C13H13FN4O2S/c14-10-3-8-5-19-7-20-12(8)9(4-10)6-21-13-15-16-17-18(13)11-1-2-11/h3-4,11H,1-2,5-7H2. The van der Waals surface area contributed by atoms with Gasteiger partial charge in [-0.2, -0.15) is 0 Å². The van der Waals surface area contributed by atoms with E-state index in [1.54, 1.807) is 0 Å². The Hall–Kier alpha value is -1.67. The Balaban J connectivity index is 1.56. The lowest BCUT2D eigenvalue weighted by molar-refractivity contribution is -0.0171. The van der Waals surface area contributed by atoms with E-state index in [1.165, 1.54) is 23.9 Å². The summed E-state index contributed by atoms with van der Waals surface area (Å²) in [6, 6.07) is 3.38. The van der Waals surface area contributed by atoms with Crippen LogP contribution in [0.2, 0.25) is 0 Å². The predicted octanol–water partition coefficient (Wildman–Crippen LogP) is 2.31. The van der Waals surface area contributed by atoms with Gasteiger partial charge in [-0.15, -0.1) is 5.10 Å². The Bertz CT molecular complexity index is 674. The third kappa shape index (κ3) is 2.60. The first-order chi connectivity index (χ1) is 10.3. The van der Waals surface area contributed by atoms with E-state index in [0.717, 1.165) is 34.9 Å². The first-order valence-electron chi connectivity index (χ1n) is 6.74. The summed E-state index contributed by atoms with van der Waals surface area (Å²) < 4.78 is 26.2. The van der Waals surface area contributed by atoms with Gasteiger partial charge in [-0.05, 0) is 35.4 Å². The number of fused-ring (bicyclic) bond motifs is 1. The maximum absolute atomic E-state index is 13.7. The van der Waals surface area contributed by atoms with E-state index in [0.29, 0.717) is 18.4 Å². The van der Waals surface area contributed by atoms with E-state index in [9.17, 15) is 4.39 Å². The van der Waals surface area contributed by atoms with Gasteiger partial charge in [-0.3, -0.25) is 0 Å². The van der Waals surface area contributed by atoms with E-state index in [4.69, 9.17) is 9.47 Å². The third-order valence-electron chi connectivity index (χ3n) is 3.46. The van der Waals surface area contributed by atoms with E-state index < -0.39 is 0 Å². The smallest absolute Gasteiger partial charge is 0.209 e. The Kier molecular flexibility index (Phi) is 3.27. The van der Waals surface area contributed by atoms with Gasteiger partial charge in [0.1, 0.15) is 11.6 Å². The summed E-state index contributed by atoms with van der Waals surface area (Å²) >= 11 is 1.50. The quantitative estimate of drug-likeness (QED) is 0.808. The number of ether oxygens (including phenoxy) is 2. The molecule has 2 aliphatic rings. The molecule has 0 radical (unpaired) electrons. The highest BCUT2D eigenvalue weighted by molar-refractivity contribution is 7.98. The summed E-state index contributed by atoms with van der Waals surface area (Å²) in [7, 11) is 0. The Morgan fingerprint density at radius 1 is 1.38 bits per heavy atom. The molecule has 1 aromatic carbocycles. The van der Waals surface area contributed by atoms with E-state index in [2.05, 4.69) is 15.5 Å². The maximum Gasteiger partial charge on any atom is 0.209 e. The summed E-state index contributed by atoms with van der Waals surface area (Å²) in [5.74, 6) is 1.01. The Labute approximate surface area is 124 Å². The van der Waals surface area contributed by atoms with Gasteiger partial charge in [0.05, 0.1) is 12.6 Å². The molecular weight excluding hydrogens is 295 g/mol. The van der Waals surface area contributed by atoms with Crippen molar-refractivity contribution in [2.75, 3.05) is 6.79 Å². The lowest BCUT2D eigenvalue weighted by Crippen LogP contribution is -2.13. The number of aromatic nitrogens is 4. The van der Waals surface area contributed by atoms with Crippen molar-refractivity contribution in [2.45, 2.75) is 36.4 Å². The molecule has 0 spiro atoms. The molecule has 8 heteroatoms. The van der Waals surface area contributed by atoms with Crippen molar-refractivity contribution in [3.05, 3.63) is 29.1 Å². The van der Waals surface area contributed by atoms with Crippen molar-refractivity contribution in [1.29, 1.82) is 0 Å². The molecule has 1 fully saturated rings. The van der Waals surface area contributed by atoms with E-state index in [1.807, 2.05) is 4.68 Å². The molecule has 0 atom stereocenters. The largest absolute Gasteiger partial charge is 0.467 e. The number of thioether (sulfide) groups is 1. The van der Waals surface area contributed by atoms with Crippen molar-refractivity contribution in [2.24, 2.45) is 0 Å². The highest BCUT2D eigenvalue weighted by atomic mass is 32.2. The summed E-state index contributed by atoms with van der Waals surface area (Å²) in [5.41, 5.74) is 1.56. The number of nitrogens with zero attached hydrogens (tertiary/aromatic N) is 4. The zero-order valence-electron chi connectivity index (χ0n) is 11.2. The number of tetrazole rings is 1. The molecule has 2 aromatic rings. The van der Waals surface area contributed by atoms with Crippen LogP contribution in [-0.2, 0) is 17.1 Å². The van der Waals surface area contributed by atoms with Crippen LogP contribution in [0.1, 0.15) is 30.0 Å². The normalized spacial score (nSPS) is 17.4. The number of benzene rings is 1. The molecular formula is C13H13FN4O2S. The molecule has 4 rings (SSSR count). The van der Waals surface area contributed by atoms with Crippen LogP contribution in [0.5, 0.6) is 5.75 Å². The van der Waals surface area contributed by atoms with Gasteiger partial charge in [0.2, 0.25) is 5.16 Å². The van der Waals surface area contributed by atoms with Gasteiger partial charge < -0.3 is 9.47 Å². The molecule has 1 saturated carbocycles. The van der Waals surface area contributed by atoms with Gasteiger partial charge in [-0.25, -0.2) is 9.07 Å². The van der Waals surface area contributed by atoms with Gasteiger partial charge in [0.25, 0.3) is 0 Å². The highest BCUT2D eigenvalue weighted by Gasteiger charge is 2.28. The van der Waals surface area contributed by atoms with Crippen molar-refractivity contribution >= 4 is 11.8 Å². The van der Waals surface area contributed by atoms with Crippen molar-refractivity contribution < 1.29 is 13.9 Å². The van der Waals surface area contributed by atoms with E-state index >= 15 is 0 Å². The van der Waals surface area contributed by atoms with E-state index in [-0.39, 0.29) is 12.6 Å². The van der Waals surface area contributed by atoms with Crippen LogP contribution < -0.4 is 4.74 Å². The minimum Gasteiger partial charge on any atom is -0.467 e. The molecule has 1 aromatic heterocycles. The van der Waals surface area contributed by atoms with Crippen molar-refractivity contribution in [3.63, 3.8) is 0 Å². The molecule has 0 amide bonds. The fourth-order valence-electron chi connectivity index (χ4n) is 2.33. The zero-order chi connectivity index (χ0) is 14.2. The number of rotatable bonds is 4. The van der Waals surface area contributed by atoms with Crippen molar-refractivity contribution in [3.8, 4) is 5.75 Å². The van der Waals surface area contributed by atoms with Crippen LogP contribution in [0.25, 0.3) is 0 Å². The number of hydrogen-bond donors (Lipinski definition) is 0. The van der Waals surface area contributed by atoms with Crippen LogP contribution in [-0.4, -0.2) is 27.0 Å². The van der Waals surface area contributed by atoms with Gasteiger partial charge >= 0.3 is 0 Å². The second-order valence-electron chi connectivity index (χ2n) is 5.09. The molecule has 110 valence electrons. The average Bonchev–Trinajstić information content (AvgIpc) is 3.23. The monoisotopic (exact) mass is 308 g/mol. The summed E-state index contributed by atoms with van der Waals surface area (Å²) in [5, 5.41) is 12.5. The molecule has 21 heavy (non-hydrogen) atoms. The summed E-state index contributed by atoms with van der Waals surface area (Å²) in [4.78, 5) is 0. The Morgan fingerprint density at radius 3 is 3.14 bits per heavy atom. The molecule has 0 saturated heterocycles. The van der Waals surface area contributed by atoms with Crippen molar-refractivity contribution in [1.82, 2.24) is 20.2 Å². The topological polar surface area (TPSA) is 62.1 Å². The maximum atomic E-state index is 13.7. The van der Waals surface area contributed by atoms with Crippen LogP contribution >= 0.6 is 11.8 Å². The van der Waals surface area contributed by atoms with Crippen LogP contribution in [0.3, 0.4) is 0 Å². The predicted molar refractivity (Wildman–Crippen MR) is 72.3 cm³/mol. The average molecular weight is 308 g/mol. The van der Waals surface area contributed by atoms with Gasteiger partial charge in [0, 0.05) is 16.9 Å². The van der Waals surface area contributed by atoms with Crippen LogP contribution in [0, 0.1) is 5.82 Å². The van der Waals surface area contributed by atoms with Crippen LogP contribution in [0.15, 0.2) is 17.3 Å². The second-order valence-corrected chi connectivity index (χ2v) is 6.03. The zero-order valence-corrected chi connectivity index (χ0v) is 12.0. The highest BCUT2D eigenvalue weighted by Crippen LogP contribution is 2.38. The Morgan fingerprint density at radius 2 is 2.29 bits per heavy atom. The first-order valence-corrected chi connectivity index (χ1v) is 7.72. The van der Waals surface area contributed by atoms with Gasteiger partial charge in [-0.1, -0.05) is 11.8 Å². The SMILES string of the molecule is Fc1cc2c(c(CSc3nnnn3C3CC3)c1)OCOC2. The minimum atomic E-state index is -0.278. The minimum absolute atomic E-state index is 0.204. The van der Waals surface area contributed by atoms with Crippen LogP contribution in [0.4, 0.5) is 4.39 Å². The second kappa shape index (κ2) is 5.27. The fraction of sp³-hybridized carbons (Fsp3) is 0.462. The fourth-order valence-corrected chi connectivity index (χ4v) is 3.25.